The molecule has 20 heavy (non-hydrogen) atoms. The first-order valence-electron chi connectivity index (χ1n) is 5.26. The first kappa shape index (κ1) is 17.1. The van der Waals surface area contributed by atoms with Crippen molar-refractivity contribution in [2.45, 2.75) is 13.3 Å². The molecule has 0 amide bonds. The molecule has 0 atom stereocenters. The molecular weight excluding hydrogens is 272 g/mol. The van der Waals surface area contributed by atoms with Gasteiger partial charge in [0.2, 0.25) is 0 Å². The Balaban J connectivity index is 0.000000621. The molecule has 0 heterocycles. The van der Waals surface area contributed by atoms with Gasteiger partial charge in [0, 0.05) is 6.42 Å². The molecule has 0 spiro atoms. The second-order valence-electron chi connectivity index (χ2n) is 3.42. The molecule has 0 saturated heterocycles. The monoisotopic (exact) mass is 284 g/mol. The van der Waals surface area contributed by atoms with Crippen molar-refractivity contribution in [2.75, 3.05) is 0 Å². The maximum absolute atomic E-state index is 10.6. The van der Waals surface area contributed by atoms with Gasteiger partial charge < -0.3 is 20.4 Å². The Hall–Kier alpha value is -2.90. The zero-order valence-corrected chi connectivity index (χ0v) is 10.4. The highest BCUT2D eigenvalue weighted by atomic mass is 16.4. The summed E-state index contributed by atoms with van der Waals surface area (Å²) in [6.45, 7) is 1.60. The largest absolute Gasteiger partial charge is 0.481 e. The highest BCUT2D eigenvalue weighted by molar-refractivity contribution is 6.03. The number of hydrogen-bond donors (Lipinski definition) is 4. The summed E-state index contributed by atoms with van der Waals surface area (Å²) >= 11 is 0. The van der Waals surface area contributed by atoms with E-state index in [0.717, 1.165) is 18.2 Å². The first-order valence-corrected chi connectivity index (χ1v) is 5.26. The minimum Gasteiger partial charge on any atom is -0.481 e. The molecule has 0 radical (unpaired) electrons. The molecule has 0 saturated carbocycles. The lowest BCUT2D eigenvalue weighted by Gasteiger charge is -2.02. The van der Waals surface area contributed by atoms with E-state index in [1.54, 1.807) is 6.92 Å². The molecule has 8 nitrogen and oxygen atoms in total. The maximum Gasteiger partial charge on any atom is 0.336 e. The van der Waals surface area contributed by atoms with E-state index in [2.05, 4.69) is 0 Å². The fraction of sp³-hybridized carbons (Fsp3) is 0.167. The van der Waals surface area contributed by atoms with Crippen molar-refractivity contribution in [2.24, 2.45) is 0 Å². The van der Waals surface area contributed by atoms with Crippen molar-refractivity contribution in [3.05, 3.63) is 34.9 Å². The molecule has 1 aromatic rings. The minimum absolute atomic E-state index is 0.222. The average Bonchev–Trinajstić information content (AvgIpc) is 2.38. The third-order valence-electron chi connectivity index (χ3n) is 2.03. The quantitative estimate of drug-likeness (QED) is 0.645. The smallest absolute Gasteiger partial charge is 0.336 e. The van der Waals surface area contributed by atoms with E-state index in [4.69, 9.17) is 20.4 Å². The standard InChI is InChI=1S/C9H6O6.C3H6O2/c10-7(11)4-1-2-5(8(12)13)6(3-4)9(14)15;1-2-3(4)5/h1-3H,(H,10,11)(H,12,13)(H,14,15);2H2,1H3,(H,4,5). The number of aromatic carboxylic acids is 3. The molecule has 4 N–H and O–H groups in total. The second kappa shape index (κ2) is 7.52. The fourth-order valence-electron chi connectivity index (χ4n) is 1.04. The van der Waals surface area contributed by atoms with E-state index in [1.165, 1.54) is 0 Å². The highest BCUT2D eigenvalue weighted by Gasteiger charge is 2.17. The van der Waals surface area contributed by atoms with Crippen molar-refractivity contribution in [1.29, 1.82) is 0 Å². The van der Waals surface area contributed by atoms with Gasteiger partial charge in [0.1, 0.15) is 0 Å². The van der Waals surface area contributed by atoms with Crippen LogP contribution in [-0.2, 0) is 4.79 Å². The van der Waals surface area contributed by atoms with Gasteiger partial charge in [0.25, 0.3) is 0 Å². The first-order chi connectivity index (χ1) is 9.20. The van der Waals surface area contributed by atoms with E-state index in [9.17, 15) is 19.2 Å². The number of carboxylic acids is 4. The minimum atomic E-state index is -1.48. The zero-order chi connectivity index (χ0) is 15.9. The van der Waals surface area contributed by atoms with Gasteiger partial charge in [-0.15, -0.1) is 0 Å². The van der Waals surface area contributed by atoms with Crippen LogP contribution in [0.3, 0.4) is 0 Å². The van der Waals surface area contributed by atoms with Crippen LogP contribution < -0.4 is 0 Å². The van der Waals surface area contributed by atoms with Crippen molar-refractivity contribution in [1.82, 2.24) is 0 Å². The van der Waals surface area contributed by atoms with Gasteiger partial charge in [-0.05, 0) is 18.2 Å². The fourth-order valence-corrected chi connectivity index (χ4v) is 1.04. The number of benzene rings is 1. The Morgan fingerprint density at radius 2 is 1.30 bits per heavy atom. The molecule has 0 aromatic heterocycles. The van der Waals surface area contributed by atoms with Gasteiger partial charge >= 0.3 is 23.9 Å². The van der Waals surface area contributed by atoms with Gasteiger partial charge in [0.05, 0.1) is 16.7 Å². The normalized spacial score (nSPS) is 9.05. The number of rotatable bonds is 4. The van der Waals surface area contributed by atoms with Crippen LogP contribution in [0.2, 0.25) is 0 Å². The summed E-state index contributed by atoms with van der Waals surface area (Å²) in [7, 11) is 0. The van der Waals surface area contributed by atoms with Gasteiger partial charge in [0.15, 0.2) is 0 Å². The van der Waals surface area contributed by atoms with Crippen LogP contribution >= 0.6 is 0 Å². The lowest BCUT2D eigenvalue weighted by molar-refractivity contribution is -0.136. The van der Waals surface area contributed by atoms with E-state index < -0.39 is 35.0 Å². The molecule has 0 bridgehead atoms. The Morgan fingerprint density at radius 1 is 0.850 bits per heavy atom. The van der Waals surface area contributed by atoms with Crippen LogP contribution in [0, 0.1) is 0 Å². The predicted molar refractivity (Wildman–Crippen MR) is 65.2 cm³/mol. The molecular formula is C12H12O8. The third kappa shape index (κ3) is 5.17. The molecule has 1 aromatic carbocycles. The number of hydrogen-bond acceptors (Lipinski definition) is 4. The van der Waals surface area contributed by atoms with E-state index >= 15 is 0 Å². The van der Waals surface area contributed by atoms with Crippen LogP contribution in [0.25, 0.3) is 0 Å². The molecule has 8 heteroatoms. The van der Waals surface area contributed by atoms with Crippen molar-refractivity contribution < 1.29 is 39.6 Å². The van der Waals surface area contributed by atoms with Crippen LogP contribution in [0.4, 0.5) is 0 Å². The summed E-state index contributed by atoms with van der Waals surface area (Å²) in [4.78, 5) is 41.1. The molecule has 0 aliphatic rings. The van der Waals surface area contributed by atoms with Crippen LogP contribution in [0.15, 0.2) is 18.2 Å². The highest BCUT2D eigenvalue weighted by Crippen LogP contribution is 2.12. The lowest BCUT2D eigenvalue weighted by atomic mass is 10.0. The molecule has 0 aliphatic heterocycles. The summed E-state index contributed by atoms with van der Waals surface area (Å²) in [5.41, 5.74) is -1.24. The molecule has 0 fully saturated rings. The Labute approximate surface area is 112 Å². The average molecular weight is 284 g/mol. The zero-order valence-electron chi connectivity index (χ0n) is 10.4. The predicted octanol–water partition coefficient (Wildman–Crippen LogP) is 1.26. The summed E-state index contributed by atoms with van der Waals surface area (Å²) in [6.07, 6.45) is 0.222. The van der Waals surface area contributed by atoms with Gasteiger partial charge in [-0.1, -0.05) is 6.92 Å². The molecule has 1 rings (SSSR count). The van der Waals surface area contributed by atoms with Crippen molar-refractivity contribution in [3.8, 4) is 0 Å². The van der Waals surface area contributed by atoms with Crippen LogP contribution in [-0.4, -0.2) is 44.3 Å². The van der Waals surface area contributed by atoms with Gasteiger partial charge in [-0.25, -0.2) is 14.4 Å². The van der Waals surface area contributed by atoms with Crippen LogP contribution in [0.1, 0.15) is 44.4 Å². The SMILES string of the molecule is CCC(=O)O.O=C(O)c1ccc(C(=O)O)c(C(=O)O)c1. The van der Waals surface area contributed by atoms with Crippen molar-refractivity contribution in [3.63, 3.8) is 0 Å². The maximum atomic E-state index is 10.6. The van der Waals surface area contributed by atoms with E-state index in [0.29, 0.717) is 0 Å². The topological polar surface area (TPSA) is 149 Å². The number of carbonyl (C=O) groups is 4. The lowest BCUT2D eigenvalue weighted by Crippen LogP contribution is -2.10. The summed E-state index contributed by atoms with van der Waals surface area (Å²) in [5, 5.41) is 33.6. The molecule has 0 unspecified atom stereocenters. The van der Waals surface area contributed by atoms with Crippen LogP contribution in [0.5, 0.6) is 0 Å². The Bertz CT molecular complexity index is 546. The number of carboxylic acid groups (broad SMARTS) is 4. The Kier molecular flexibility index (Phi) is 6.43. The summed E-state index contributed by atoms with van der Waals surface area (Å²) in [5.74, 6) is -4.95. The second-order valence-corrected chi connectivity index (χ2v) is 3.42. The number of aliphatic carboxylic acids is 1. The Morgan fingerprint density at radius 3 is 1.60 bits per heavy atom. The van der Waals surface area contributed by atoms with Gasteiger partial charge in [-0.3, -0.25) is 4.79 Å². The van der Waals surface area contributed by atoms with Crippen molar-refractivity contribution >= 4 is 23.9 Å². The summed E-state index contributed by atoms with van der Waals surface area (Å²) in [6, 6.07) is 2.81. The third-order valence-corrected chi connectivity index (χ3v) is 2.03. The molecule has 108 valence electrons. The van der Waals surface area contributed by atoms with Gasteiger partial charge in [-0.2, -0.15) is 0 Å². The molecule has 0 aliphatic carbocycles. The van der Waals surface area contributed by atoms with E-state index in [1.807, 2.05) is 0 Å². The summed E-state index contributed by atoms with van der Waals surface area (Å²) < 4.78 is 0. The van der Waals surface area contributed by atoms with E-state index in [-0.39, 0.29) is 12.0 Å².